The molecular formula is C16H13N3O4S2. The van der Waals surface area contributed by atoms with Gasteiger partial charge in [0, 0.05) is 17.8 Å². The second kappa shape index (κ2) is 6.61. The molecule has 0 radical (unpaired) electrons. The van der Waals surface area contributed by atoms with E-state index >= 15 is 0 Å². The molecule has 2 aromatic rings. The molecule has 128 valence electrons. The van der Waals surface area contributed by atoms with Crippen molar-refractivity contribution < 1.29 is 19.8 Å². The standard InChI is InChI=1S/C16H13N3O4S2/c1-8(20)17-10-2-3-12-9(4-10)5-11(18-12)6-13-15(23)19(7-14(21)22)16(24)25-13/h2-6,23H,7H2,1H3,(H,17,20)(H,21,22)/b11-6+. The minimum atomic E-state index is -1.08. The number of carbonyl (C=O) groups is 2. The molecule has 25 heavy (non-hydrogen) atoms. The number of nitrogens with zero attached hydrogens (tertiary/aromatic N) is 2. The summed E-state index contributed by atoms with van der Waals surface area (Å²) in [5.41, 5.74) is 1.27. The van der Waals surface area contributed by atoms with Gasteiger partial charge < -0.3 is 15.5 Å². The monoisotopic (exact) mass is 375 g/mol. The highest BCUT2D eigenvalue weighted by atomic mass is 32.1. The maximum atomic E-state index is 11.1. The molecule has 0 saturated heterocycles. The van der Waals surface area contributed by atoms with Gasteiger partial charge in [0.25, 0.3) is 0 Å². The number of benzene rings is 1. The van der Waals surface area contributed by atoms with Gasteiger partial charge >= 0.3 is 5.97 Å². The Morgan fingerprint density at radius 3 is 2.88 bits per heavy atom. The van der Waals surface area contributed by atoms with E-state index in [1.165, 1.54) is 6.92 Å². The summed E-state index contributed by atoms with van der Waals surface area (Å²) < 4.78 is 1.43. The van der Waals surface area contributed by atoms with Crippen molar-refractivity contribution in [1.82, 2.24) is 4.57 Å². The van der Waals surface area contributed by atoms with E-state index in [1.54, 1.807) is 24.3 Å². The number of aliphatic carboxylic acids is 1. The Morgan fingerprint density at radius 2 is 2.20 bits per heavy atom. The summed E-state index contributed by atoms with van der Waals surface area (Å²) in [6.45, 7) is 1.04. The molecule has 7 nitrogen and oxygen atoms in total. The maximum Gasteiger partial charge on any atom is 0.323 e. The number of carbonyl (C=O) groups excluding carboxylic acids is 1. The maximum absolute atomic E-state index is 11.1. The number of fused-ring (bicyclic) bond motifs is 1. The van der Waals surface area contributed by atoms with Crippen LogP contribution in [0.3, 0.4) is 0 Å². The van der Waals surface area contributed by atoms with Crippen molar-refractivity contribution in [3.05, 3.63) is 43.3 Å². The second-order valence-electron chi connectivity index (χ2n) is 5.32. The lowest BCUT2D eigenvalue weighted by Gasteiger charge is -1.99. The fourth-order valence-corrected chi connectivity index (χ4v) is 3.63. The predicted molar refractivity (Wildman–Crippen MR) is 96.4 cm³/mol. The first-order chi connectivity index (χ1) is 11.8. The van der Waals surface area contributed by atoms with Gasteiger partial charge in [-0.05, 0) is 42.6 Å². The third-order valence-electron chi connectivity index (χ3n) is 3.37. The third-order valence-corrected chi connectivity index (χ3v) is 4.75. The fraction of sp³-hybridized carbons (Fsp3) is 0.125. The SMILES string of the molecule is CC(=O)Nc1ccc2c(c1)=C/C(=C\c1sc(=S)n(CC(=O)O)c1O)N=2. The minimum absolute atomic E-state index is 0.157. The van der Waals surface area contributed by atoms with Gasteiger partial charge in [-0.1, -0.05) is 0 Å². The number of amides is 1. The number of thiazole rings is 1. The molecule has 0 aliphatic carbocycles. The summed E-state index contributed by atoms with van der Waals surface area (Å²) in [6, 6.07) is 5.35. The zero-order chi connectivity index (χ0) is 18.1. The van der Waals surface area contributed by atoms with E-state index < -0.39 is 12.5 Å². The van der Waals surface area contributed by atoms with Crippen LogP contribution in [0.1, 0.15) is 11.8 Å². The highest BCUT2D eigenvalue weighted by molar-refractivity contribution is 7.73. The van der Waals surface area contributed by atoms with Crippen molar-refractivity contribution in [3.63, 3.8) is 0 Å². The first-order valence-corrected chi connectivity index (χ1v) is 8.40. The molecule has 1 aromatic carbocycles. The van der Waals surface area contributed by atoms with Gasteiger partial charge in [0.15, 0.2) is 3.95 Å². The molecule has 9 heteroatoms. The summed E-state index contributed by atoms with van der Waals surface area (Å²) in [7, 11) is 0. The molecule has 0 spiro atoms. The van der Waals surface area contributed by atoms with Crippen molar-refractivity contribution in [2.75, 3.05) is 5.32 Å². The molecule has 1 aliphatic rings. The molecule has 0 saturated carbocycles. The van der Waals surface area contributed by atoms with Crippen LogP contribution in [0, 0.1) is 3.95 Å². The number of allylic oxidation sites excluding steroid dienone is 1. The number of carboxylic acid groups (broad SMARTS) is 1. The van der Waals surface area contributed by atoms with Gasteiger partial charge in [-0.3, -0.25) is 14.2 Å². The second-order valence-corrected chi connectivity index (χ2v) is 6.99. The predicted octanol–water partition coefficient (Wildman–Crippen LogP) is 1.48. The van der Waals surface area contributed by atoms with Crippen LogP contribution in [0.15, 0.2) is 28.9 Å². The van der Waals surface area contributed by atoms with Crippen molar-refractivity contribution in [2.24, 2.45) is 4.99 Å². The first kappa shape index (κ1) is 17.1. The van der Waals surface area contributed by atoms with E-state index in [1.807, 2.05) is 6.08 Å². The number of rotatable bonds is 4. The molecule has 0 atom stereocenters. The summed E-state index contributed by atoms with van der Waals surface area (Å²) in [4.78, 5) is 26.8. The number of aromatic hydroxyl groups is 1. The summed E-state index contributed by atoms with van der Waals surface area (Å²) in [5, 5.41) is 23.3. The lowest BCUT2D eigenvalue weighted by Crippen LogP contribution is -2.22. The van der Waals surface area contributed by atoms with Crippen LogP contribution in [0.2, 0.25) is 0 Å². The molecule has 0 fully saturated rings. The number of carboxylic acids is 1. The van der Waals surface area contributed by atoms with E-state index in [9.17, 15) is 14.7 Å². The van der Waals surface area contributed by atoms with Crippen LogP contribution in [0.4, 0.5) is 5.69 Å². The number of aromatic nitrogens is 1. The van der Waals surface area contributed by atoms with Crippen molar-refractivity contribution in [1.29, 1.82) is 0 Å². The van der Waals surface area contributed by atoms with Crippen LogP contribution in [0.25, 0.3) is 12.2 Å². The van der Waals surface area contributed by atoms with Crippen LogP contribution >= 0.6 is 23.6 Å². The first-order valence-electron chi connectivity index (χ1n) is 7.17. The van der Waals surface area contributed by atoms with Gasteiger partial charge in [-0.15, -0.1) is 11.3 Å². The van der Waals surface area contributed by atoms with Crippen LogP contribution in [-0.4, -0.2) is 26.7 Å². The Bertz CT molecular complexity index is 1100. The highest BCUT2D eigenvalue weighted by Crippen LogP contribution is 2.29. The molecule has 0 bridgehead atoms. The van der Waals surface area contributed by atoms with Gasteiger partial charge in [-0.2, -0.15) is 0 Å². The highest BCUT2D eigenvalue weighted by Gasteiger charge is 2.13. The van der Waals surface area contributed by atoms with Crippen molar-refractivity contribution in [2.45, 2.75) is 13.5 Å². The number of hydrogen-bond donors (Lipinski definition) is 3. The molecular weight excluding hydrogens is 362 g/mol. The van der Waals surface area contributed by atoms with Crippen LogP contribution < -0.4 is 15.9 Å². The van der Waals surface area contributed by atoms with Gasteiger partial charge in [0.2, 0.25) is 11.8 Å². The van der Waals surface area contributed by atoms with Crippen molar-refractivity contribution in [3.8, 4) is 5.88 Å². The van der Waals surface area contributed by atoms with Crippen LogP contribution in [-0.2, 0) is 16.1 Å². The molecule has 3 rings (SSSR count). The van der Waals surface area contributed by atoms with Crippen LogP contribution in [0.5, 0.6) is 5.88 Å². The number of nitrogens with one attached hydrogen (secondary N) is 1. The summed E-state index contributed by atoms with van der Waals surface area (Å²) in [6.07, 6.45) is 3.45. The van der Waals surface area contributed by atoms with Gasteiger partial charge in [0.05, 0.1) is 15.9 Å². The quantitative estimate of drug-likeness (QED) is 0.703. The van der Waals surface area contributed by atoms with E-state index in [-0.39, 0.29) is 15.7 Å². The third kappa shape index (κ3) is 3.67. The van der Waals surface area contributed by atoms with E-state index in [0.29, 0.717) is 16.3 Å². The molecule has 1 aliphatic heterocycles. The molecule has 1 amide bonds. The molecule has 1 aromatic heterocycles. The largest absolute Gasteiger partial charge is 0.493 e. The zero-order valence-corrected chi connectivity index (χ0v) is 14.6. The molecule has 3 N–H and O–H groups in total. The normalized spacial score (nSPS) is 13.9. The summed E-state index contributed by atoms with van der Waals surface area (Å²) >= 11 is 6.21. The average molecular weight is 375 g/mol. The smallest absolute Gasteiger partial charge is 0.323 e. The lowest BCUT2D eigenvalue weighted by molar-refractivity contribution is -0.137. The Kier molecular flexibility index (Phi) is 4.51. The summed E-state index contributed by atoms with van der Waals surface area (Å²) in [5.74, 6) is -1.43. The Morgan fingerprint density at radius 1 is 1.44 bits per heavy atom. The van der Waals surface area contributed by atoms with Gasteiger partial charge in [-0.25, -0.2) is 4.99 Å². The van der Waals surface area contributed by atoms with Gasteiger partial charge in [0.1, 0.15) is 6.54 Å². The Balaban J connectivity index is 1.98. The number of hydrogen-bond acceptors (Lipinski definition) is 6. The van der Waals surface area contributed by atoms with E-state index in [2.05, 4.69) is 10.3 Å². The number of anilines is 1. The Labute approximate surface area is 150 Å². The minimum Gasteiger partial charge on any atom is -0.493 e. The average Bonchev–Trinajstić information content (AvgIpc) is 3.02. The van der Waals surface area contributed by atoms with E-state index in [4.69, 9.17) is 17.3 Å². The molecule has 0 unspecified atom stereocenters. The van der Waals surface area contributed by atoms with Crippen molar-refractivity contribution >= 4 is 53.3 Å². The fourth-order valence-electron chi connectivity index (χ4n) is 2.37. The van der Waals surface area contributed by atoms with E-state index in [0.717, 1.165) is 26.5 Å². The lowest BCUT2D eigenvalue weighted by atomic mass is 10.2. The Hall–Kier alpha value is -2.78. The topological polar surface area (TPSA) is 104 Å². The zero-order valence-electron chi connectivity index (χ0n) is 13.0. The molecule has 2 heterocycles.